The third-order valence-corrected chi connectivity index (χ3v) is 24.4. The molecule has 8 aliphatic rings. The third-order valence-electron chi connectivity index (χ3n) is 22.9. The number of carbonyl (C=O) groups is 4. The molecule has 8 saturated carbocycles. The number of aliphatic hydroxyl groups excluding tert-OH is 2. The largest absolute Gasteiger partial charge is 0.462 e. The van der Waals surface area contributed by atoms with Crippen LogP contribution in [0.5, 0.6) is 0 Å². The van der Waals surface area contributed by atoms with Crippen molar-refractivity contribution >= 4 is 44.0 Å². The summed E-state index contributed by atoms with van der Waals surface area (Å²) < 4.78 is 74.4. The summed E-state index contributed by atoms with van der Waals surface area (Å²) in [5.74, 6) is 1.67. The summed E-state index contributed by atoms with van der Waals surface area (Å²) in [7, 11) is -8.26. The SMILES string of the molecule is C[C@H](CCC(=O)NCCS(=O)(=O)O)[C@H]1CC[C@H]2[C@@H]3[C@@H](O)CC4C[C@H](OC(=O)CCC(=O)O[C@H]5CC[C@]6(C)C(C5)C[C@@H](O)[C@@H]5[C@H]7CC[C@@H]([C@@H](C)CCC(=O)NCCS(=O)(=O)O)[C@]7(C)CC[C@H]56)CC[C@]4(C)[C@H]3CC[C@]12C. The first-order valence-electron chi connectivity index (χ1n) is 28.8. The highest BCUT2D eigenvalue weighted by Gasteiger charge is 2.65. The lowest BCUT2D eigenvalue weighted by Gasteiger charge is -2.62. The topological polar surface area (TPSA) is 260 Å². The number of esters is 2. The van der Waals surface area contributed by atoms with Crippen LogP contribution in [0.25, 0.3) is 0 Å². The number of aliphatic hydroxyl groups is 2. The van der Waals surface area contributed by atoms with E-state index >= 15 is 0 Å². The maximum absolute atomic E-state index is 13.3. The molecule has 0 aromatic heterocycles. The van der Waals surface area contributed by atoms with Gasteiger partial charge in [-0.15, -0.1) is 0 Å². The van der Waals surface area contributed by atoms with E-state index in [1.54, 1.807) is 0 Å². The number of ether oxygens (including phenoxy) is 2. The molecule has 2 amide bonds. The molecular weight excluding hydrogens is 989 g/mol. The van der Waals surface area contributed by atoms with Gasteiger partial charge < -0.3 is 30.3 Å². The van der Waals surface area contributed by atoms with Crippen LogP contribution < -0.4 is 10.6 Å². The maximum Gasteiger partial charge on any atom is 0.306 e. The Morgan fingerprint density at radius 1 is 0.514 bits per heavy atom. The second-order valence-corrected chi connectivity index (χ2v) is 29.8. The second-order valence-electron chi connectivity index (χ2n) is 26.6. The number of nitrogens with one attached hydrogen (secondary N) is 2. The molecule has 8 fully saturated rings. The van der Waals surface area contributed by atoms with Gasteiger partial charge in [-0.05, 0) is 208 Å². The molecule has 20 atom stereocenters. The molecule has 8 rings (SSSR count). The normalized spacial score (nSPS) is 42.4. The van der Waals surface area contributed by atoms with Gasteiger partial charge in [0.2, 0.25) is 11.8 Å². The van der Waals surface area contributed by atoms with E-state index in [9.17, 15) is 46.2 Å². The Labute approximate surface area is 442 Å². The molecule has 18 heteroatoms. The van der Waals surface area contributed by atoms with Gasteiger partial charge in [0.15, 0.2) is 0 Å². The molecule has 0 radical (unpaired) electrons. The van der Waals surface area contributed by atoms with E-state index in [4.69, 9.17) is 18.6 Å². The molecule has 422 valence electrons. The van der Waals surface area contributed by atoms with Crippen LogP contribution in [0.4, 0.5) is 0 Å². The van der Waals surface area contributed by atoms with Crippen molar-refractivity contribution in [3.05, 3.63) is 0 Å². The predicted octanol–water partition coefficient (Wildman–Crippen LogP) is 7.69. The van der Waals surface area contributed by atoms with Crippen molar-refractivity contribution in [2.24, 2.45) is 92.7 Å². The van der Waals surface area contributed by atoms with Crippen LogP contribution in [0.3, 0.4) is 0 Å². The number of hydrogen-bond donors (Lipinski definition) is 6. The molecule has 0 spiro atoms. The summed E-state index contributed by atoms with van der Waals surface area (Å²) >= 11 is 0. The first-order valence-corrected chi connectivity index (χ1v) is 32.1. The number of rotatable bonds is 19. The molecular formula is C56H92N2O14S2. The van der Waals surface area contributed by atoms with E-state index < -0.39 is 43.9 Å². The fourth-order valence-corrected chi connectivity index (χ4v) is 19.9. The molecule has 0 saturated heterocycles. The zero-order valence-electron chi connectivity index (χ0n) is 45.3. The van der Waals surface area contributed by atoms with Gasteiger partial charge in [0.25, 0.3) is 20.2 Å². The van der Waals surface area contributed by atoms with Gasteiger partial charge in [-0.2, -0.15) is 16.8 Å². The van der Waals surface area contributed by atoms with Crippen molar-refractivity contribution in [1.29, 1.82) is 0 Å². The minimum Gasteiger partial charge on any atom is -0.462 e. The molecule has 0 aromatic rings. The van der Waals surface area contributed by atoms with E-state index in [2.05, 4.69) is 52.2 Å². The smallest absolute Gasteiger partial charge is 0.306 e. The summed E-state index contributed by atoms with van der Waals surface area (Å²) in [5.41, 5.74) is 0.193. The summed E-state index contributed by atoms with van der Waals surface area (Å²) in [5, 5.41) is 29.2. The van der Waals surface area contributed by atoms with E-state index in [0.717, 1.165) is 77.0 Å². The molecule has 16 nitrogen and oxygen atoms in total. The van der Waals surface area contributed by atoms with Crippen molar-refractivity contribution in [3.8, 4) is 0 Å². The lowest BCUT2D eigenvalue weighted by atomic mass is 9.43. The van der Waals surface area contributed by atoms with Crippen LogP contribution in [0.1, 0.15) is 183 Å². The lowest BCUT2D eigenvalue weighted by molar-refractivity contribution is -0.185. The first kappa shape index (κ1) is 57.8. The van der Waals surface area contributed by atoms with Crippen molar-refractivity contribution < 1.29 is 64.8 Å². The van der Waals surface area contributed by atoms with Gasteiger partial charge in [0.1, 0.15) is 12.2 Å². The first-order chi connectivity index (χ1) is 34.6. The number of carbonyl (C=O) groups excluding carboxylic acids is 4. The van der Waals surface area contributed by atoms with Gasteiger partial charge in [0, 0.05) is 25.9 Å². The zero-order chi connectivity index (χ0) is 53.8. The Kier molecular flexibility index (Phi) is 17.5. The van der Waals surface area contributed by atoms with Gasteiger partial charge in [0.05, 0.1) is 36.6 Å². The fourth-order valence-electron chi connectivity index (χ4n) is 19.2. The average Bonchev–Trinajstić information content (AvgIpc) is 3.86. The summed E-state index contributed by atoms with van der Waals surface area (Å²) in [6, 6.07) is 0. The zero-order valence-corrected chi connectivity index (χ0v) is 46.9. The number of hydrogen-bond acceptors (Lipinski definition) is 12. The quantitative estimate of drug-likeness (QED) is 0.0536. The summed E-state index contributed by atoms with van der Waals surface area (Å²) in [6.07, 6.45) is 15.2. The predicted molar refractivity (Wildman–Crippen MR) is 278 cm³/mol. The molecule has 0 aromatic carbocycles. The summed E-state index contributed by atoms with van der Waals surface area (Å²) in [4.78, 5) is 51.7. The molecule has 8 aliphatic carbocycles. The van der Waals surface area contributed by atoms with E-state index in [1.165, 1.54) is 0 Å². The van der Waals surface area contributed by atoms with Gasteiger partial charge >= 0.3 is 11.9 Å². The third kappa shape index (κ3) is 12.1. The van der Waals surface area contributed by atoms with E-state index in [-0.39, 0.29) is 107 Å². The molecule has 0 aliphatic heterocycles. The second kappa shape index (κ2) is 22.4. The average molecular weight is 1080 g/mol. The standard InChI is InChI=1S/C56H92N2O14S2/c1-33(7-13-47(61)57-25-27-73(65,66)67)39-9-11-41-51-43(19-23-55(39,41)5)53(3)21-17-37(29-35(53)31-45(51)59)71-49(63)15-16-50(64)72-38-18-22-54(4)36(30-38)32-46(60)52-42-12-10-40(56(42,6)24-20-44(52)54)34(2)8-14-48(62)58-26-28-74(68,69)70/h33-46,51-52,59-60H,7-32H2,1-6H3,(H,57,61)(H,58,62)(H,65,66,67)(H,68,69,70)/t33-,34+,35?,36?,37-,38+,39-,40+,41+,42-,43+,44-,45+,46-,51+,52-,53+,54-,55-,56+. The van der Waals surface area contributed by atoms with Crippen LogP contribution >= 0.6 is 0 Å². The highest BCUT2D eigenvalue weighted by molar-refractivity contribution is 7.86. The van der Waals surface area contributed by atoms with Crippen LogP contribution in [-0.2, 0) is 48.9 Å². The Balaban J connectivity index is 0.763. The Morgan fingerprint density at radius 2 is 0.865 bits per heavy atom. The van der Waals surface area contributed by atoms with Crippen LogP contribution in [0.2, 0.25) is 0 Å². The molecule has 6 N–H and O–H groups in total. The van der Waals surface area contributed by atoms with Crippen molar-refractivity contribution in [2.45, 2.75) is 207 Å². The minimum absolute atomic E-state index is 0.0341. The molecule has 0 bridgehead atoms. The van der Waals surface area contributed by atoms with Crippen LogP contribution in [0, 0.1) is 92.7 Å². The minimum atomic E-state index is -4.13. The monoisotopic (exact) mass is 1080 g/mol. The maximum atomic E-state index is 13.3. The van der Waals surface area contributed by atoms with Gasteiger partial charge in [-0.1, -0.05) is 41.5 Å². The van der Waals surface area contributed by atoms with Crippen molar-refractivity contribution in [3.63, 3.8) is 0 Å². The fraction of sp³-hybridized carbons (Fsp3) is 0.929. The Hall–Kier alpha value is -2.38. The van der Waals surface area contributed by atoms with Gasteiger partial charge in [-0.25, -0.2) is 0 Å². The summed E-state index contributed by atoms with van der Waals surface area (Å²) in [6.45, 7) is 13.9. The van der Waals surface area contributed by atoms with Crippen molar-refractivity contribution in [2.75, 3.05) is 24.6 Å². The van der Waals surface area contributed by atoms with E-state index in [1.807, 2.05) is 0 Å². The van der Waals surface area contributed by atoms with Gasteiger partial charge in [-0.3, -0.25) is 28.3 Å². The van der Waals surface area contributed by atoms with Crippen molar-refractivity contribution in [1.82, 2.24) is 10.6 Å². The number of fused-ring (bicyclic) bond motifs is 10. The highest BCUT2D eigenvalue weighted by atomic mass is 32.2. The highest BCUT2D eigenvalue weighted by Crippen LogP contribution is 2.70. The lowest BCUT2D eigenvalue weighted by Crippen LogP contribution is -2.58. The molecule has 0 heterocycles. The van der Waals surface area contributed by atoms with Crippen LogP contribution in [0.15, 0.2) is 0 Å². The number of amides is 2. The molecule has 74 heavy (non-hydrogen) atoms. The Morgan fingerprint density at radius 3 is 1.23 bits per heavy atom. The Bertz CT molecular complexity index is 2130. The van der Waals surface area contributed by atoms with Crippen LogP contribution in [-0.4, -0.2) is 109 Å². The molecule has 2 unspecified atom stereocenters. The van der Waals surface area contributed by atoms with E-state index in [0.29, 0.717) is 98.7 Å².